The van der Waals surface area contributed by atoms with Crippen molar-refractivity contribution in [3.05, 3.63) is 35.6 Å². The Morgan fingerprint density at radius 2 is 1.96 bits per heavy atom. The Kier molecular flexibility index (Phi) is 6.27. The van der Waals surface area contributed by atoms with Crippen LogP contribution in [0, 0.1) is 17.2 Å². The summed E-state index contributed by atoms with van der Waals surface area (Å²) in [4.78, 5) is 16.9. The molecule has 144 valence electrons. The van der Waals surface area contributed by atoms with Crippen molar-refractivity contribution in [3.8, 4) is 0 Å². The number of methoxy groups -OCH3 is 2. The van der Waals surface area contributed by atoms with Gasteiger partial charge < -0.3 is 19.3 Å². The van der Waals surface area contributed by atoms with Gasteiger partial charge in [0.25, 0.3) is 5.91 Å². The summed E-state index contributed by atoms with van der Waals surface area (Å²) in [6, 6.07) is 6.23. The van der Waals surface area contributed by atoms with E-state index in [-0.39, 0.29) is 16.9 Å². The number of halogens is 1. The number of carbonyl (C=O) groups is 1. The van der Waals surface area contributed by atoms with Gasteiger partial charge in [0.05, 0.1) is 18.8 Å². The lowest BCUT2D eigenvalue weighted by Crippen LogP contribution is -2.47. The zero-order chi connectivity index (χ0) is 18.6. The highest BCUT2D eigenvalue weighted by atomic mass is 19.1. The van der Waals surface area contributed by atoms with Crippen LogP contribution >= 0.6 is 0 Å². The van der Waals surface area contributed by atoms with Gasteiger partial charge in [-0.2, -0.15) is 0 Å². The molecule has 6 heteroatoms. The van der Waals surface area contributed by atoms with E-state index in [2.05, 4.69) is 4.90 Å². The molecule has 5 nitrogen and oxygen atoms in total. The molecule has 0 radical (unpaired) electrons. The van der Waals surface area contributed by atoms with Crippen LogP contribution in [0.5, 0.6) is 0 Å². The van der Waals surface area contributed by atoms with Crippen LogP contribution in [0.3, 0.4) is 0 Å². The number of benzene rings is 1. The molecule has 0 N–H and O–H groups in total. The average Bonchev–Trinajstić information content (AvgIpc) is 2.98. The number of ether oxygens (including phenoxy) is 2. The highest BCUT2D eigenvalue weighted by Gasteiger charge is 2.48. The lowest BCUT2D eigenvalue weighted by atomic mass is 9.71. The fourth-order valence-corrected chi connectivity index (χ4v) is 4.49. The van der Waals surface area contributed by atoms with E-state index < -0.39 is 5.82 Å². The summed E-state index contributed by atoms with van der Waals surface area (Å²) in [6.45, 7) is 5.77. The lowest BCUT2D eigenvalue weighted by molar-refractivity contribution is 0.0318. The summed E-state index contributed by atoms with van der Waals surface area (Å²) < 4.78 is 24.6. The molecule has 0 saturated carbocycles. The second-order valence-electron chi connectivity index (χ2n) is 7.51. The van der Waals surface area contributed by atoms with Crippen LogP contribution in [0.4, 0.5) is 4.39 Å². The molecule has 0 bridgehead atoms. The van der Waals surface area contributed by atoms with Gasteiger partial charge in [-0.25, -0.2) is 4.39 Å². The molecule has 1 aromatic rings. The van der Waals surface area contributed by atoms with Crippen LogP contribution in [-0.2, 0) is 9.47 Å². The number of rotatable bonds is 6. The van der Waals surface area contributed by atoms with Crippen LogP contribution in [0.2, 0.25) is 0 Å². The van der Waals surface area contributed by atoms with Crippen LogP contribution in [0.15, 0.2) is 24.3 Å². The molecular weight excluding hydrogens is 335 g/mol. The summed E-state index contributed by atoms with van der Waals surface area (Å²) in [5, 5.41) is 0. The fraction of sp³-hybridized carbons (Fsp3) is 0.650. The second-order valence-corrected chi connectivity index (χ2v) is 7.51. The van der Waals surface area contributed by atoms with Gasteiger partial charge in [0.2, 0.25) is 0 Å². The SMILES string of the molecule is COCCN1C[C@@H](COC)C2(CCN(C(=O)c3ccccc3F)CC2)C1. The highest BCUT2D eigenvalue weighted by Crippen LogP contribution is 2.45. The van der Waals surface area contributed by atoms with Gasteiger partial charge in [0, 0.05) is 52.9 Å². The Balaban J connectivity index is 1.65. The Labute approximate surface area is 155 Å². The largest absolute Gasteiger partial charge is 0.384 e. The average molecular weight is 364 g/mol. The summed E-state index contributed by atoms with van der Waals surface area (Å²) in [7, 11) is 3.48. The maximum atomic E-state index is 13.9. The van der Waals surface area contributed by atoms with Gasteiger partial charge >= 0.3 is 0 Å². The fourth-order valence-electron chi connectivity index (χ4n) is 4.49. The maximum absolute atomic E-state index is 13.9. The third kappa shape index (κ3) is 3.92. The Morgan fingerprint density at radius 3 is 2.62 bits per heavy atom. The lowest BCUT2D eigenvalue weighted by Gasteiger charge is -2.42. The number of nitrogens with zero attached hydrogens (tertiary/aromatic N) is 2. The third-order valence-electron chi connectivity index (χ3n) is 6.01. The van der Waals surface area contributed by atoms with E-state index in [1.54, 1.807) is 37.3 Å². The zero-order valence-corrected chi connectivity index (χ0v) is 15.7. The number of amides is 1. The van der Waals surface area contributed by atoms with E-state index in [0.29, 0.717) is 19.0 Å². The van der Waals surface area contributed by atoms with Gasteiger partial charge in [-0.15, -0.1) is 0 Å². The monoisotopic (exact) mass is 364 g/mol. The molecule has 0 aromatic heterocycles. The van der Waals surface area contributed by atoms with Crippen LogP contribution in [-0.4, -0.2) is 75.9 Å². The molecule has 1 aromatic carbocycles. The van der Waals surface area contributed by atoms with E-state index in [1.165, 1.54) is 6.07 Å². The third-order valence-corrected chi connectivity index (χ3v) is 6.01. The topological polar surface area (TPSA) is 42.0 Å². The standard InChI is InChI=1S/C20H29FN2O3/c1-25-12-11-22-13-16(14-26-2)20(15-22)7-9-23(10-8-20)19(24)17-5-3-4-6-18(17)21/h3-6,16H,7-15H2,1-2H3/t16-/m0/s1. The van der Waals surface area contributed by atoms with Crippen molar-refractivity contribution in [2.24, 2.45) is 11.3 Å². The van der Waals surface area contributed by atoms with Gasteiger partial charge in [-0.3, -0.25) is 4.79 Å². The first-order valence-corrected chi connectivity index (χ1v) is 9.33. The molecule has 0 unspecified atom stereocenters. The normalized spacial score (nSPS) is 22.9. The second kappa shape index (κ2) is 8.46. The quantitative estimate of drug-likeness (QED) is 0.777. The molecule has 2 aliphatic rings. The van der Waals surface area contributed by atoms with Crippen LogP contribution in [0.25, 0.3) is 0 Å². The van der Waals surface area contributed by atoms with Crippen molar-refractivity contribution in [2.75, 3.05) is 60.2 Å². The number of hydrogen-bond acceptors (Lipinski definition) is 4. The predicted octanol–water partition coefficient (Wildman–Crippen LogP) is 2.27. The molecule has 2 fully saturated rings. The smallest absolute Gasteiger partial charge is 0.256 e. The summed E-state index contributed by atoms with van der Waals surface area (Å²) in [5.41, 5.74) is 0.348. The van der Waals surface area contributed by atoms with E-state index >= 15 is 0 Å². The molecule has 1 atom stereocenters. The first-order chi connectivity index (χ1) is 12.6. The van der Waals surface area contributed by atoms with Gasteiger partial charge in [-0.05, 0) is 30.4 Å². The van der Waals surface area contributed by atoms with Crippen molar-refractivity contribution in [3.63, 3.8) is 0 Å². The first kappa shape index (κ1) is 19.3. The summed E-state index contributed by atoms with van der Waals surface area (Å²) in [6.07, 6.45) is 1.87. The molecule has 26 heavy (non-hydrogen) atoms. The Morgan fingerprint density at radius 1 is 1.23 bits per heavy atom. The first-order valence-electron chi connectivity index (χ1n) is 9.33. The zero-order valence-electron chi connectivity index (χ0n) is 15.7. The van der Waals surface area contributed by atoms with E-state index in [0.717, 1.165) is 45.7 Å². The van der Waals surface area contributed by atoms with Crippen molar-refractivity contribution in [2.45, 2.75) is 12.8 Å². The predicted molar refractivity (Wildman–Crippen MR) is 97.7 cm³/mol. The van der Waals surface area contributed by atoms with Crippen LogP contribution < -0.4 is 0 Å². The van der Waals surface area contributed by atoms with E-state index in [4.69, 9.17) is 9.47 Å². The van der Waals surface area contributed by atoms with Crippen molar-refractivity contribution < 1.29 is 18.7 Å². The van der Waals surface area contributed by atoms with Gasteiger partial charge in [0.1, 0.15) is 5.82 Å². The number of likely N-dealkylation sites (tertiary alicyclic amines) is 2. The van der Waals surface area contributed by atoms with Crippen LogP contribution in [0.1, 0.15) is 23.2 Å². The molecule has 2 heterocycles. The Hall–Kier alpha value is -1.50. The maximum Gasteiger partial charge on any atom is 0.256 e. The molecule has 1 amide bonds. The van der Waals surface area contributed by atoms with Gasteiger partial charge in [0.15, 0.2) is 0 Å². The van der Waals surface area contributed by atoms with E-state index in [1.807, 2.05) is 0 Å². The minimum absolute atomic E-state index is 0.171. The van der Waals surface area contributed by atoms with Crippen molar-refractivity contribution in [1.82, 2.24) is 9.80 Å². The Bertz CT molecular complexity index is 617. The number of hydrogen-bond donors (Lipinski definition) is 0. The molecule has 2 saturated heterocycles. The molecule has 2 aliphatic heterocycles. The minimum atomic E-state index is -0.443. The minimum Gasteiger partial charge on any atom is -0.384 e. The number of piperidine rings is 1. The number of carbonyl (C=O) groups excluding carboxylic acids is 1. The molecular formula is C20H29FN2O3. The van der Waals surface area contributed by atoms with Gasteiger partial charge in [-0.1, -0.05) is 12.1 Å². The summed E-state index contributed by atoms with van der Waals surface area (Å²) in [5.74, 6) is -0.174. The van der Waals surface area contributed by atoms with Crippen molar-refractivity contribution >= 4 is 5.91 Å². The molecule has 3 rings (SSSR count). The van der Waals surface area contributed by atoms with E-state index in [9.17, 15) is 9.18 Å². The molecule has 1 spiro atoms. The highest BCUT2D eigenvalue weighted by molar-refractivity contribution is 5.94. The van der Waals surface area contributed by atoms with Crippen molar-refractivity contribution in [1.29, 1.82) is 0 Å². The molecule has 0 aliphatic carbocycles. The summed E-state index contributed by atoms with van der Waals surface area (Å²) >= 11 is 0.